The molecule has 0 aliphatic rings. The van der Waals surface area contributed by atoms with Gasteiger partial charge in [-0.1, -0.05) is 47.6 Å². The summed E-state index contributed by atoms with van der Waals surface area (Å²) in [4.78, 5) is 28.4. The van der Waals surface area contributed by atoms with Gasteiger partial charge in [-0.3, -0.25) is 4.79 Å². The number of hydrogen-bond acceptors (Lipinski definition) is 6. The summed E-state index contributed by atoms with van der Waals surface area (Å²) < 4.78 is 48.4. The lowest BCUT2D eigenvalue weighted by molar-refractivity contribution is -0.145. The third-order valence-corrected chi connectivity index (χ3v) is 4.36. The van der Waals surface area contributed by atoms with Crippen LogP contribution in [0.5, 0.6) is 0 Å². The molecular formula is C21H18F3N3O4. The smallest absolute Gasteiger partial charge is 0.416 e. The molecule has 0 unspecified atom stereocenters. The molecule has 0 aliphatic carbocycles. The molecule has 162 valence electrons. The Balaban J connectivity index is 1.64. The number of halogens is 3. The molecule has 0 spiro atoms. The van der Waals surface area contributed by atoms with E-state index < -0.39 is 29.7 Å². The van der Waals surface area contributed by atoms with Gasteiger partial charge in [0.15, 0.2) is 6.04 Å². The normalized spacial score (nSPS) is 12.3. The van der Waals surface area contributed by atoms with Crippen LogP contribution in [0.2, 0.25) is 0 Å². The standard InChI is InChI=1S/C21H18F3N3O4/c1-30-20(29)18(13-6-3-2-4-7-13)25-16(28)10-11-17-26-19(27-31-17)14-8-5-9-15(12-14)21(22,23)24/h2-9,12,18H,10-11H2,1H3,(H,25,28)/t18-/m0/s1. The minimum atomic E-state index is -4.49. The van der Waals surface area contributed by atoms with Crippen molar-refractivity contribution in [2.75, 3.05) is 7.11 Å². The second kappa shape index (κ2) is 9.41. The summed E-state index contributed by atoms with van der Waals surface area (Å²) in [5.74, 6) is -1.02. The van der Waals surface area contributed by atoms with E-state index in [9.17, 15) is 22.8 Å². The highest BCUT2D eigenvalue weighted by Gasteiger charge is 2.31. The fourth-order valence-electron chi connectivity index (χ4n) is 2.80. The molecule has 7 nitrogen and oxygen atoms in total. The highest BCUT2D eigenvalue weighted by atomic mass is 19.4. The van der Waals surface area contributed by atoms with Gasteiger partial charge in [-0.2, -0.15) is 18.2 Å². The van der Waals surface area contributed by atoms with E-state index in [-0.39, 0.29) is 30.1 Å². The number of ether oxygens (including phenoxy) is 1. The monoisotopic (exact) mass is 433 g/mol. The zero-order chi connectivity index (χ0) is 22.4. The molecule has 3 aromatic rings. The van der Waals surface area contributed by atoms with E-state index in [1.807, 2.05) is 0 Å². The first-order chi connectivity index (χ1) is 14.8. The van der Waals surface area contributed by atoms with Crippen LogP contribution < -0.4 is 5.32 Å². The number of aryl methyl sites for hydroxylation is 1. The average molecular weight is 433 g/mol. The zero-order valence-corrected chi connectivity index (χ0v) is 16.3. The topological polar surface area (TPSA) is 94.3 Å². The number of nitrogens with one attached hydrogen (secondary N) is 1. The van der Waals surface area contributed by atoms with E-state index in [4.69, 9.17) is 9.26 Å². The van der Waals surface area contributed by atoms with Gasteiger partial charge >= 0.3 is 12.1 Å². The van der Waals surface area contributed by atoms with Gasteiger partial charge in [0.2, 0.25) is 17.6 Å². The van der Waals surface area contributed by atoms with Crippen LogP contribution in [0.25, 0.3) is 11.4 Å². The summed E-state index contributed by atoms with van der Waals surface area (Å²) in [5.41, 5.74) is -0.123. The van der Waals surface area contributed by atoms with E-state index in [2.05, 4.69) is 15.5 Å². The van der Waals surface area contributed by atoms with Crippen LogP contribution in [0.4, 0.5) is 13.2 Å². The number of carbonyl (C=O) groups is 2. The van der Waals surface area contributed by atoms with Crippen molar-refractivity contribution in [1.29, 1.82) is 0 Å². The highest BCUT2D eigenvalue weighted by molar-refractivity contribution is 5.85. The van der Waals surface area contributed by atoms with Gasteiger partial charge < -0.3 is 14.6 Å². The second-order valence-electron chi connectivity index (χ2n) is 6.52. The summed E-state index contributed by atoms with van der Waals surface area (Å²) in [5, 5.41) is 6.27. The molecule has 1 N–H and O–H groups in total. The summed E-state index contributed by atoms with van der Waals surface area (Å²) in [6, 6.07) is 12.2. The molecule has 10 heteroatoms. The molecule has 1 atom stereocenters. The number of rotatable bonds is 7. The van der Waals surface area contributed by atoms with Gasteiger partial charge in [0, 0.05) is 18.4 Å². The van der Waals surface area contributed by atoms with Crippen molar-refractivity contribution >= 4 is 11.9 Å². The number of aromatic nitrogens is 2. The largest absolute Gasteiger partial charge is 0.467 e. The molecule has 0 saturated carbocycles. The van der Waals surface area contributed by atoms with Crippen molar-refractivity contribution < 1.29 is 32.0 Å². The minimum absolute atomic E-state index is 0.0155. The van der Waals surface area contributed by atoms with Gasteiger partial charge in [-0.05, 0) is 17.7 Å². The number of methoxy groups -OCH3 is 1. The van der Waals surface area contributed by atoms with Gasteiger partial charge in [0.25, 0.3) is 0 Å². The zero-order valence-electron chi connectivity index (χ0n) is 16.3. The Morgan fingerprint density at radius 1 is 1.13 bits per heavy atom. The van der Waals surface area contributed by atoms with Crippen LogP contribution in [0.1, 0.15) is 29.5 Å². The molecular weight excluding hydrogens is 415 g/mol. The van der Waals surface area contributed by atoms with Crippen LogP contribution in [0.3, 0.4) is 0 Å². The fraction of sp³-hybridized carbons (Fsp3) is 0.238. The number of alkyl halides is 3. The van der Waals surface area contributed by atoms with Crippen molar-refractivity contribution in [2.45, 2.75) is 25.1 Å². The second-order valence-corrected chi connectivity index (χ2v) is 6.52. The van der Waals surface area contributed by atoms with Gasteiger partial charge in [0.1, 0.15) is 0 Å². The Bertz CT molecular complexity index is 1050. The maximum atomic E-state index is 12.9. The third kappa shape index (κ3) is 5.68. The lowest BCUT2D eigenvalue weighted by Gasteiger charge is -2.16. The molecule has 0 saturated heterocycles. The molecule has 0 fully saturated rings. The SMILES string of the molecule is COC(=O)[C@@H](NC(=O)CCc1nc(-c2cccc(C(F)(F)F)c2)no1)c1ccccc1. The Morgan fingerprint density at radius 3 is 2.55 bits per heavy atom. The molecule has 31 heavy (non-hydrogen) atoms. The first-order valence-electron chi connectivity index (χ1n) is 9.20. The number of esters is 1. The number of amides is 1. The molecule has 1 aromatic heterocycles. The predicted molar refractivity (Wildman–Crippen MR) is 102 cm³/mol. The fourth-order valence-corrected chi connectivity index (χ4v) is 2.80. The molecule has 1 amide bonds. The Hall–Kier alpha value is -3.69. The van der Waals surface area contributed by atoms with Crippen molar-refractivity contribution in [3.8, 4) is 11.4 Å². The van der Waals surface area contributed by atoms with Gasteiger partial charge in [0.05, 0.1) is 12.7 Å². The van der Waals surface area contributed by atoms with Crippen LogP contribution in [0, 0.1) is 0 Å². The van der Waals surface area contributed by atoms with Crippen molar-refractivity contribution in [3.05, 3.63) is 71.6 Å². The van der Waals surface area contributed by atoms with Gasteiger partial charge in [-0.15, -0.1) is 0 Å². The number of carbonyl (C=O) groups excluding carboxylic acids is 2. The Morgan fingerprint density at radius 2 is 1.87 bits per heavy atom. The third-order valence-electron chi connectivity index (χ3n) is 4.36. The summed E-state index contributed by atoms with van der Waals surface area (Å²) >= 11 is 0. The van der Waals surface area contributed by atoms with Crippen LogP contribution in [-0.4, -0.2) is 29.1 Å². The van der Waals surface area contributed by atoms with Crippen molar-refractivity contribution in [3.63, 3.8) is 0 Å². The van der Waals surface area contributed by atoms with Crippen molar-refractivity contribution in [1.82, 2.24) is 15.5 Å². The predicted octanol–water partition coefficient (Wildman–Crippen LogP) is 3.72. The number of hydrogen-bond donors (Lipinski definition) is 1. The summed E-state index contributed by atoms with van der Waals surface area (Å²) in [6.07, 6.45) is -4.53. The molecule has 0 radical (unpaired) electrons. The number of nitrogens with zero attached hydrogens (tertiary/aromatic N) is 2. The minimum Gasteiger partial charge on any atom is -0.467 e. The van der Waals surface area contributed by atoms with E-state index in [0.29, 0.717) is 5.56 Å². The first-order valence-corrected chi connectivity index (χ1v) is 9.20. The lowest BCUT2D eigenvalue weighted by atomic mass is 10.1. The van der Waals surface area contributed by atoms with E-state index >= 15 is 0 Å². The average Bonchev–Trinajstić information content (AvgIpc) is 3.25. The quantitative estimate of drug-likeness (QED) is 0.571. The first kappa shape index (κ1) is 22.0. The van der Waals surface area contributed by atoms with E-state index in [1.54, 1.807) is 30.3 Å². The van der Waals surface area contributed by atoms with Crippen LogP contribution >= 0.6 is 0 Å². The molecule has 3 rings (SSSR count). The maximum absolute atomic E-state index is 12.9. The number of benzene rings is 2. The Kier molecular flexibility index (Phi) is 6.68. The molecule has 0 bridgehead atoms. The van der Waals surface area contributed by atoms with Crippen LogP contribution in [0.15, 0.2) is 59.1 Å². The molecule has 0 aliphatic heterocycles. The highest BCUT2D eigenvalue weighted by Crippen LogP contribution is 2.31. The molecule has 1 heterocycles. The Labute approximate surface area is 175 Å². The van der Waals surface area contributed by atoms with Gasteiger partial charge in [-0.25, -0.2) is 4.79 Å². The summed E-state index contributed by atoms with van der Waals surface area (Å²) in [7, 11) is 1.22. The van der Waals surface area contributed by atoms with E-state index in [0.717, 1.165) is 12.1 Å². The summed E-state index contributed by atoms with van der Waals surface area (Å²) in [6.45, 7) is 0. The van der Waals surface area contributed by atoms with Crippen molar-refractivity contribution in [2.24, 2.45) is 0 Å². The lowest BCUT2D eigenvalue weighted by Crippen LogP contribution is -2.34. The van der Waals surface area contributed by atoms with Crippen LogP contribution in [-0.2, 0) is 26.9 Å². The maximum Gasteiger partial charge on any atom is 0.416 e. The molecule has 2 aromatic carbocycles. The van der Waals surface area contributed by atoms with E-state index in [1.165, 1.54) is 19.2 Å².